The Labute approximate surface area is 194 Å². The van der Waals surface area contributed by atoms with Gasteiger partial charge in [0.05, 0.1) is 13.2 Å². The molecule has 0 aromatic rings. The summed E-state index contributed by atoms with van der Waals surface area (Å²) in [5.41, 5.74) is 0.389. The summed E-state index contributed by atoms with van der Waals surface area (Å²) in [7, 11) is 6.24. The van der Waals surface area contributed by atoms with E-state index in [0.717, 1.165) is 71.4 Å². The van der Waals surface area contributed by atoms with Crippen molar-refractivity contribution in [2.75, 3.05) is 73.7 Å². The Bertz CT molecular complexity index is 499. The minimum atomic E-state index is 0. The third-order valence-corrected chi connectivity index (χ3v) is 7.23. The van der Waals surface area contributed by atoms with Gasteiger partial charge in [0.1, 0.15) is 0 Å². The van der Waals surface area contributed by atoms with Crippen LogP contribution in [0.2, 0.25) is 0 Å². The van der Waals surface area contributed by atoms with E-state index in [1.165, 1.54) is 32.1 Å². The van der Waals surface area contributed by atoms with Gasteiger partial charge in [0.15, 0.2) is 5.96 Å². The van der Waals surface area contributed by atoms with Gasteiger partial charge in [0, 0.05) is 57.5 Å². The van der Waals surface area contributed by atoms with Gasteiger partial charge in [-0.25, -0.2) is 0 Å². The topological polar surface area (TPSA) is 61.4 Å². The Hall–Kier alpha value is -0.160. The van der Waals surface area contributed by atoms with Gasteiger partial charge in [-0.3, -0.25) is 9.89 Å². The molecule has 8 heteroatoms. The van der Waals surface area contributed by atoms with Crippen molar-refractivity contribution in [3.05, 3.63) is 0 Å². The van der Waals surface area contributed by atoms with Crippen LogP contribution in [0.3, 0.4) is 0 Å². The summed E-state index contributed by atoms with van der Waals surface area (Å²) < 4.78 is 11.2. The SMILES string of the molecule is CN=C(NCC1(N(C)C)CCOCC1)NCC1(N2CCOCC2)CCCCC1.I. The lowest BCUT2D eigenvalue weighted by molar-refractivity contribution is -0.0353. The van der Waals surface area contributed by atoms with Crippen LogP contribution in [0.4, 0.5) is 0 Å². The molecular formula is C21H42IN5O2. The first-order valence-electron chi connectivity index (χ1n) is 11.1. The summed E-state index contributed by atoms with van der Waals surface area (Å²) in [6.45, 7) is 7.37. The molecule has 1 saturated carbocycles. The fourth-order valence-electron chi connectivity index (χ4n) is 5.10. The molecule has 2 aliphatic heterocycles. The molecule has 0 radical (unpaired) electrons. The second kappa shape index (κ2) is 12.0. The van der Waals surface area contributed by atoms with Crippen molar-refractivity contribution in [2.45, 2.75) is 56.0 Å². The van der Waals surface area contributed by atoms with Gasteiger partial charge < -0.3 is 25.0 Å². The zero-order chi connectivity index (χ0) is 19.9. The molecule has 2 heterocycles. The smallest absolute Gasteiger partial charge is 0.191 e. The third-order valence-electron chi connectivity index (χ3n) is 7.23. The predicted molar refractivity (Wildman–Crippen MR) is 129 cm³/mol. The van der Waals surface area contributed by atoms with Crippen LogP contribution in [-0.2, 0) is 9.47 Å². The molecule has 3 aliphatic rings. The van der Waals surface area contributed by atoms with Crippen molar-refractivity contribution in [1.82, 2.24) is 20.4 Å². The highest BCUT2D eigenvalue weighted by molar-refractivity contribution is 14.0. The van der Waals surface area contributed by atoms with E-state index in [0.29, 0.717) is 0 Å². The fraction of sp³-hybridized carbons (Fsp3) is 0.952. The number of rotatable bonds is 6. The summed E-state index contributed by atoms with van der Waals surface area (Å²) in [6, 6.07) is 0. The molecule has 0 unspecified atom stereocenters. The number of guanidine groups is 1. The summed E-state index contributed by atoms with van der Waals surface area (Å²) >= 11 is 0. The highest BCUT2D eigenvalue weighted by Gasteiger charge is 2.39. The monoisotopic (exact) mass is 523 g/mol. The molecule has 2 N–H and O–H groups in total. The molecule has 3 rings (SSSR count). The molecule has 0 bridgehead atoms. The van der Waals surface area contributed by atoms with Crippen LogP contribution in [-0.4, -0.2) is 101 Å². The molecule has 0 amide bonds. The quantitative estimate of drug-likeness (QED) is 0.315. The minimum Gasteiger partial charge on any atom is -0.381 e. The predicted octanol–water partition coefficient (Wildman–Crippen LogP) is 1.92. The molecule has 29 heavy (non-hydrogen) atoms. The number of ether oxygens (including phenoxy) is 2. The number of nitrogens with one attached hydrogen (secondary N) is 2. The van der Waals surface area contributed by atoms with E-state index in [4.69, 9.17) is 9.47 Å². The van der Waals surface area contributed by atoms with Crippen molar-refractivity contribution in [2.24, 2.45) is 4.99 Å². The Morgan fingerprint density at radius 1 is 0.897 bits per heavy atom. The minimum absolute atomic E-state index is 0. The van der Waals surface area contributed by atoms with Crippen molar-refractivity contribution in [3.8, 4) is 0 Å². The molecule has 0 atom stereocenters. The van der Waals surface area contributed by atoms with Crippen LogP contribution in [0, 0.1) is 0 Å². The lowest BCUT2D eigenvalue weighted by atomic mass is 9.79. The molecule has 170 valence electrons. The Morgan fingerprint density at radius 3 is 2.07 bits per heavy atom. The maximum absolute atomic E-state index is 5.61. The molecule has 2 saturated heterocycles. The van der Waals surface area contributed by atoms with Gasteiger partial charge in [-0.2, -0.15) is 0 Å². The fourth-order valence-corrected chi connectivity index (χ4v) is 5.10. The molecule has 0 spiro atoms. The van der Waals surface area contributed by atoms with E-state index in [2.05, 4.69) is 39.5 Å². The van der Waals surface area contributed by atoms with Crippen LogP contribution in [0.5, 0.6) is 0 Å². The van der Waals surface area contributed by atoms with Crippen molar-refractivity contribution in [3.63, 3.8) is 0 Å². The maximum atomic E-state index is 5.61. The van der Waals surface area contributed by atoms with Crippen molar-refractivity contribution in [1.29, 1.82) is 0 Å². The van der Waals surface area contributed by atoms with Gasteiger partial charge in [-0.15, -0.1) is 24.0 Å². The molecular weight excluding hydrogens is 481 g/mol. The number of likely N-dealkylation sites (N-methyl/N-ethyl adjacent to an activating group) is 1. The van der Waals surface area contributed by atoms with Crippen LogP contribution < -0.4 is 10.6 Å². The second-order valence-corrected chi connectivity index (χ2v) is 8.89. The van der Waals surface area contributed by atoms with E-state index in [-0.39, 0.29) is 35.1 Å². The third kappa shape index (κ3) is 6.41. The standard InChI is InChI=1S/C21H41N5O2.HI/c1-22-19(23-17-20(25(2)3)9-13-27-14-10-20)24-18-21(7-5-4-6-8-21)26-11-15-28-16-12-26;/h4-18H2,1-3H3,(H2,22,23,24);1H. The highest BCUT2D eigenvalue weighted by Crippen LogP contribution is 2.34. The summed E-state index contributed by atoms with van der Waals surface area (Å²) in [4.78, 5) is 9.55. The van der Waals surface area contributed by atoms with Crippen LogP contribution in [0.15, 0.2) is 4.99 Å². The summed E-state index contributed by atoms with van der Waals surface area (Å²) in [5.74, 6) is 0.922. The van der Waals surface area contributed by atoms with Crippen LogP contribution in [0.1, 0.15) is 44.9 Å². The zero-order valence-corrected chi connectivity index (χ0v) is 21.0. The average molecular weight is 524 g/mol. The Morgan fingerprint density at radius 2 is 1.48 bits per heavy atom. The number of halogens is 1. The number of hydrogen-bond acceptors (Lipinski definition) is 5. The number of nitrogens with zero attached hydrogens (tertiary/aromatic N) is 3. The molecule has 0 aromatic carbocycles. The number of morpholine rings is 1. The zero-order valence-electron chi connectivity index (χ0n) is 18.7. The average Bonchev–Trinajstić information content (AvgIpc) is 2.75. The van der Waals surface area contributed by atoms with Gasteiger partial charge >= 0.3 is 0 Å². The van der Waals surface area contributed by atoms with Gasteiger partial charge in [-0.05, 0) is 39.8 Å². The lowest BCUT2D eigenvalue weighted by Gasteiger charge is -2.48. The summed E-state index contributed by atoms with van der Waals surface area (Å²) in [5, 5.41) is 7.30. The molecule has 7 nitrogen and oxygen atoms in total. The first-order chi connectivity index (χ1) is 13.6. The van der Waals surface area contributed by atoms with E-state index < -0.39 is 0 Å². The normalized spacial score (nSPS) is 25.3. The number of aliphatic imine (C=N–C) groups is 1. The van der Waals surface area contributed by atoms with E-state index in [1.54, 1.807) is 0 Å². The van der Waals surface area contributed by atoms with Gasteiger partial charge in [0.25, 0.3) is 0 Å². The molecule has 1 aliphatic carbocycles. The van der Waals surface area contributed by atoms with Gasteiger partial charge in [0.2, 0.25) is 0 Å². The van der Waals surface area contributed by atoms with Crippen LogP contribution in [0.25, 0.3) is 0 Å². The second-order valence-electron chi connectivity index (χ2n) is 8.89. The van der Waals surface area contributed by atoms with E-state index in [1.807, 2.05) is 7.05 Å². The first kappa shape index (κ1) is 25.1. The first-order valence-corrected chi connectivity index (χ1v) is 11.1. The highest BCUT2D eigenvalue weighted by atomic mass is 127. The lowest BCUT2D eigenvalue weighted by Crippen LogP contribution is -2.61. The van der Waals surface area contributed by atoms with E-state index in [9.17, 15) is 0 Å². The maximum Gasteiger partial charge on any atom is 0.191 e. The van der Waals surface area contributed by atoms with Crippen molar-refractivity contribution < 1.29 is 9.47 Å². The van der Waals surface area contributed by atoms with Crippen LogP contribution >= 0.6 is 24.0 Å². The molecule has 0 aromatic heterocycles. The van der Waals surface area contributed by atoms with Gasteiger partial charge in [-0.1, -0.05) is 19.3 Å². The summed E-state index contributed by atoms with van der Waals surface area (Å²) in [6.07, 6.45) is 8.69. The Balaban J connectivity index is 0.00000300. The largest absolute Gasteiger partial charge is 0.381 e. The van der Waals surface area contributed by atoms with E-state index >= 15 is 0 Å². The molecule has 3 fully saturated rings. The van der Waals surface area contributed by atoms with Crippen molar-refractivity contribution >= 4 is 29.9 Å². The number of hydrogen-bond donors (Lipinski definition) is 2. The Kier molecular flexibility index (Phi) is 10.4.